The molecule has 0 saturated heterocycles. The number of hydrogen-bond donors (Lipinski definition) is 2. The van der Waals surface area contributed by atoms with E-state index in [1.165, 1.54) is 11.3 Å². The summed E-state index contributed by atoms with van der Waals surface area (Å²) in [5, 5.41) is 7.21. The Morgan fingerprint density at radius 2 is 1.84 bits per heavy atom. The third-order valence-electron chi connectivity index (χ3n) is 6.45. The summed E-state index contributed by atoms with van der Waals surface area (Å²) in [5.74, 6) is 0.0599. The molecule has 0 bridgehead atoms. The first-order valence-corrected chi connectivity index (χ1v) is 13.4. The van der Waals surface area contributed by atoms with Gasteiger partial charge in [0.2, 0.25) is 0 Å². The van der Waals surface area contributed by atoms with E-state index in [1.54, 1.807) is 42.2 Å². The molecule has 2 aromatic carbocycles. The van der Waals surface area contributed by atoms with E-state index >= 15 is 0 Å². The van der Waals surface area contributed by atoms with Crippen molar-refractivity contribution in [3.8, 4) is 11.5 Å². The lowest BCUT2D eigenvalue weighted by molar-refractivity contribution is 0.0728. The van der Waals surface area contributed by atoms with Crippen LogP contribution in [0.3, 0.4) is 0 Å². The van der Waals surface area contributed by atoms with Crippen LogP contribution >= 0.6 is 11.3 Å². The lowest BCUT2D eigenvalue weighted by atomic mass is 10.0. The molecule has 38 heavy (non-hydrogen) atoms. The molecule has 0 aliphatic carbocycles. The van der Waals surface area contributed by atoms with E-state index < -0.39 is 12.1 Å². The van der Waals surface area contributed by atoms with Crippen LogP contribution in [0.25, 0.3) is 0 Å². The van der Waals surface area contributed by atoms with Gasteiger partial charge in [0.25, 0.3) is 5.91 Å². The third kappa shape index (κ3) is 5.04. The minimum absolute atomic E-state index is 0.168. The number of carbonyl (C=O) groups excluding carboxylic acids is 3. The van der Waals surface area contributed by atoms with Gasteiger partial charge in [-0.05, 0) is 62.6 Å². The molecule has 2 N–H and O–H groups in total. The van der Waals surface area contributed by atoms with Crippen molar-refractivity contribution in [3.63, 3.8) is 0 Å². The van der Waals surface area contributed by atoms with E-state index in [4.69, 9.17) is 14.2 Å². The summed E-state index contributed by atoms with van der Waals surface area (Å²) < 4.78 is 16.6. The summed E-state index contributed by atoms with van der Waals surface area (Å²) in [6.45, 7) is 7.20. The van der Waals surface area contributed by atoms with E-state index in [0.29, 0.717) is 55.4 Å². The molecule has 3 aromatic rings. The Kier molecular flexibility index (Phi) is 7.24. The Labute approximate surface area is 224 Å². The molecule has 5 rings (SSSR count). The number of amides is 2. The molecular weight excluding hydrogens is 506 g/mol. The van der Waals surface area contributed by atoms with Gasteiger partial charge >= 0.3 is 12.1 Å². The molecule has 2 aliphatic heterocycles. The van der Waals surface area contributed by atoms with Gasteiger partial charge in [0.05, 0.1) is 30.9 Å². The van der Waals surface area contributed by atoms with Crippen LogP contribution in [0.1, 0.15) is 62.3 Å². The molecule has 2 amide bonds. The highest BCUT2D eigenvalue weighted by molar-refractivity contribution is 7.16. The Hall–Kier alpha value is -4.05. The predicted octanol–water partition coefficient (Wildman–Crippen LogP) is 5.04. The van der Waals surface area contributed by atoms with E-state index in [0.717, 1.165) is 26.6 Å². The quantitative estimate of drug-likeness (QED) is 0.336. The molecular formula is C28H29N3O6S. The van der Waals surface area contributed by atoms with Crippen LogP contribution in [0.4, 0.5) is 9.80 Å². The molecule has 0 fully saturated rings. The normalized spacial score (nSPS) is 16.0. The fraction of sp³-hybridized carbons (Fsp3) is 0.321. The number of nitrogens with one attached hydrogen (secondary N) is 2. The minimum Gasteiger partial charge on any atom is -0.490 e. The van der Waals surface area contributed by atoms with Crippen LogP contribution in [0.5, 0.6) is 11.5 Å². The maximum atomic E-state index is 13.2. The van der Waals surface area contributed by atoms with Crippen LogP contribution in [0, 0.1) is 6.92 Å². The average Bonchev–Trinajstić information content (AvgIpc) is 3.28. The maximum Gasteiger partial charge on any atom is 0.410 e. The standard InChI is InChI=1S/C28H29N3O6S/c1-4-35-21-14-18(10-11-20(21)37-27(33)17-8-6-16(3)7-9-17)24-29-25(32)23-19-12-13-31(28(34)36-5-2)15-22(19)38-26(23)30-24/h6-11,14,24,30H,4-5,12-13,15H2,1-3H3,(H,29,32). The zero-order chi connectivity index (χ0) is 26.8. The third-order valence-corrected chi connectivity index (χ3v) is 7.60. The Morgan fingerprint density at radius 1 is 1.05 bits per heavy atom. The van der Waals surface area contributed by atoms with Crippen molar-refractivity contribution in [3.05, 3.63) is 75.2 Å². The van der Waals surface area contributed by atoms with Gasteiger partial charge in [0, 0.05) is 11.4 Å². The highest BCUT2D eigenvalue weighted by Gasteiger charge is 2.34. The number of thiophene rings is 1. The summed E-state index contributed by atoms with van der Waals surface area (Å²) in [5.41, 5.74) is 3.86. The first-order chi connectivity index (χ1) is 18.4. The molecule has 2 aliphatic rings. The summed E-state index contributed by atoms with van der Waals surface area (Å²) in [6.07, 6.45) is -0.251. The first-order valence-electron chi connectivity index (χ1n) is 12.6. The van der Waals surface area contributed by atoms with Gasteiger partial charge in [-0.15, -0.1) is 11.3 Å². The Balaban J connectivity index is 1.36. The number of esters is 1. The summed E-state index contributed by atoms with van der Waals surface area (Å²) in [6, 6.07) is 12.4. The highest BCUT2D eigenvalue weighted by atomic mass is 32.1. The van der Waals surface area contributed by atoms with Gasteiger partial charge in [-0.1, -0.05) is 23.8 Å². The zero-order valence-corrected chi connectivity index (χ0v) is 22.3. The number of aryl methyl sites for hydroxylation is 1. The van der Waals surface area contributed by atoms with Crippen LogP contribution in [0.2, 0.25) is 0 Å². The first kappa shape index (κ1) is 25.6. The second-order valence-electron chi connectivity index (χ2n) is 9.02. The molecule has 198 valence electrons. The maximum absolute atomic E-state index is 13.2. The Morgan fingerprint density at radius 3 is 2.58 bits per heavy atom. The van der Waals surface area contributed by atoms with Gasteiger partial charge in [-0.25, -0.2) is 9.59 Å². The fourth-order valence-electron chi connectivity index (χ4n) is 4.56. The van der Waals surface area contributed by atoms with Crippen molar-refractivity contribution in [2.45, 2.75) is 39.9 Å². The predicted molar refractivity (Wildman–Crippen MR) is 143 cm³/mol. The zero-order valence-electron chi connectivity index (χ0n) is 21.5. The van der Waals surface area contributed by atoms with E-state index in [1.807, 2.05) is 26.0 Å². The highest BCUT2D eigenvalue weighted by Crippen LogP contribution is 2.41. The SMILES string of the molecule is CCOC(=O)N1CCc2c(sc3c2C(=O)NC(c2ccc(OC(=O)c4ccc(C)cc4)c(OCC)c2)N3)C1. The fourth-order valence-corrected chi connectivity index (χ4v) is 5.85. The van der Waals surface area contributed by atoms with Crippen LogP contribution < -0.4 is 20.1 Å². The number of carbonyl (C=O) groups is 3. The number of fused-ring (bicyclic) bond motifs is 3. The topological polar surface area (TPSA) is 106 Å². The van der Waals surface area contributed by atoms with Gasteiger partial charge in [0.1, 0.15) is 11.2 Å². The molecule has 0 saturated carbocycles. The van der Waals surface area contributed by atoms with Crippen molar-refractivity contribution in [1.29, 1.82) is 0 Å². The van der Waals surface area contributed by atoms with E-state index in [-0.39, 0.29) is 12.0 Å². The lowest BCUT2D eigenvalue weighted by Crippen LogP contribution is -2.39. The minimum atomic E-state index is -0.502. The van der Waals surface area contributed by atoms with Crippen molar-refractivity contribution in [1.82, 2.24) is 10.2 Å². The summed E-state index contributed by atoms with van der Waals surface area (Å²) in [7, 11) is 0. The van der Waals surface area contributed by atoms with Crippen molar-refractivity contribution in [2.75, 3.05) is 25.1 Å². The molecule has 9 nitrogen and oxygen atoms in total. The largest absolute Gasteiger partial charge is 0.490 e. The molecule has 1 unspecified atom stereocenters. The average molecular weight is 536 g/mol. The van der Waals surface area contributed by atoms with Crippen LogP contribution in [0.15, 0.2) is 42.5 Å². The number of hydrogen-bond acceptors (Lipinski definition) is 8. The second kappa shape index (κ2) is 10.7. The molecule has 1 atom stereocenters. The number of ether oxygens (including phenoxy) is 3. The number of rotatable bonds is 6. The van der Waals surface area contributed by atoms with Crippen molar-refractivity contribution >= 4 is 34.3 Å². The Bertz CT molecular complexity index is 1380. The number of benzene rings is 2. The second-order valence-corrected chi connectivity index (χ2v) is 10.1. The molecule has 3 heterocycles. The summed E-state index contributed by atoms with van der Waals surface area (Å²) in [4.78, 5) is 40.7. The molecule has 10 heteroatoms. The number of anilines is 1. The van der Waals surface area contributed by atoms with Crippen LogP contribution in [-0.2, 0) is 17.7 Å². The van der Waals surface area contributed by atoms with Gasteiger partial charge < -0.3 is 29.7 Å². The molecule has 0 spiro atoms. The van der Waals surface area contributed by atoms with Crippen LogP contribution in [-0.4, -0.2) is 42.6 Å². The molecule has 0 radical (unpaired) electrons. The molecule has 1 aromatic heterocycles. The van der Waals surface area contributed by atoms with E-state index in [2.05, 4.69) is 10.6 Å². The van der Waals surface area contributed by atoms with Gasteiger partial charge in [-0.2, -0.15) is 0 Å². The van der Waals surface area contributed by atoms with Gasteiger partial charge in [-0.3, -0.25) is 4.79 Å². The van der Waals surface area contributed by atoms with Gasteiger partial charge in [0.15, 0.2) is 11.5 Å². The van der Waals surface area contributed by atoms with Crippen molar-refractivity contribution < 1.29 is 28.6 Å². The van der Waals surface area contributed by atoms with Crippen molar-refractivity contribution in [2.24, 2.45) is 0 Å². The lowest BCUT2D eigenvalue weighted by Gasteiger charge is -2.28. The summed E-state index contributed by atoms with van der Waals surface area (Å²) >= 11 is 1.48. The smallest absolute Gasteiger partial charge is 0.410 e. The monoisotopic (exact) mass is 535 g/mol. The van der Waals surface area contributed by atoms with E-state index in [9.17, 15) is 14.4 Å². The number of nitrogens with zero attached hydrogens (tertiary/aromatic N) is 1.